The molecule has 0 N–H and O–H groups in total. The highest BCUT2D eigenvalue weighted by molar-refractivity contribution is 6.08. The molecular formula is C18H21NO. The van der Waals surface area contributed by atoms with Gasteiger partial charge in [0.2, 0.25) is 0 Å². The second-order valence-electron chi connectivity index (χ2n) is 4.99. The van der Waals surface area contributed by atoms with Crippen LogP contribution in [0.3, 0.4) is 0 Å². The molecule has 1 aromatic carbocycles. The van der Waals surface area contributed by atoms with Crippen LogP contribution in [0.5, 0.6) is 0 Å². The molecule has 2 nitrogen and oxygen atoms in total. The standard InChI is InChI=1S/C18H21NO/c1-3-5-6-12-17(20)18-16-11-8-7-10-15(16)14(9-4-2)13-19-18/h4,7-11,13H,3,5-6,12H2,1-2H3/b9-4+. The van der Waals surface area contributed by atoms with E-state index < -0.39 is 0 Å². The molecule has 0 fully saturated rings. The summed E-state index contributed by atoms with van der Waals surface area (Å²) in [5.74, 6) is 0.154. The maximum absolute atomic E-state index is 12.3. The third-order valence-corrected chi connectivity index (χ3v) is 3.44. The predicted molar refractivity (Wildman–Crippen MR) is 84.9 cm³/mol. The van der Waals surface area contributed by atoms with Crippen LogP contribution in [0.4, 0.5) is 0 Å². The van der Waals surface area contributed by atoms with Crippen molar-refractivity contribution >= 4 is 22.6 Å². The Kier molecular flexibility index (Phi) is 5.05. The highest BCUT2D eigenvalue weighted by Gasteiger charge is 2.12. The fourth-order valence-electron chi connectivity index (χ4n) is 2.40. The molecule has 0 radical (unpaired) electrons. The van der Waals surface area contributed by atoms with Gasteiger partial charge in [-0.25, -0.2) is 0 Å². The number of ketones is 1. The quantitative estimate of drug-likeness (QED) is 0.542. The molecule has 0 spiro atoms. The molecule has 2 rings (SSSR count). The van der Waals surface area contributed by atoms with Crippen molar-refractivity contribution in [3.8, 4) is 0 Å². The van der Waals surface area contributed by atoms with Crippen molar-refractivity contribution < 1.29 is 4.79 Å². The molecule has 2 heteroatoms. The number of carbonyl (C=O) groups excluding carboxylic acids is 1. The van der Waals surface area contributed by atoms with Crippen molar-refractivity contribution in [3.05, 3.63) is 47.8 Å². The number of fused-ring (bicyclic) bond motifs is 1. The Bertz CT molecular complexity index is 628. The zero-order valence-electron chi connectivity index (χ0n) is 12.2. The van der Waals surface area contributed by atoms with Gasteiger partial charge in [-0.1, -0.05) is 56.2 Å². The molecule has 2 aromatic rings. The number of aromatic nitrogens is 1. The van der Waals surface area contributed by atoms with Gasteiger partial charge in [-0.15, -0.1) is 0 Å². The van der Waals surface area contributed by atoms with E-state index in [1.807, 2.05) is 37.3 Å². The maximum atomic E-state index is 12.3. The van der Waals surface area contributed by atoms with Crippen molar-refractivity contribution in [2.75, 3.05) is 0 Å². The van der Waals surface area contributed by atoms with E-state index in [1.54, 1.807) is 6.20 Å². The lowest BCUT2D eigenvalue weighted by atomic mass is 10.0. The summed E-state index contributed by atoms with van der Waals surface area (Å²) in [6.45, 7) is 4.13. The third-order valence-electron chi connectivity index (χ3n) is 3.44. The zero-order chi connectivity index (χ0) is 14.4. The number of nitrogens with zero attached hydrogens (tertiary/aromatic N) is 1. The minimum Gasteiger partial charge on any atom is -0.292 e. The van der Waals surface area contributed by atoms with Crippen LogP contribution in [-0.4, -0.2) is 10.8 Å². The Hall–Kier alpha value is -1.96. The van der Waals surface area contributed by atoms with Crippen LogP contribution in [-0.2, 0) is 0 Å². The SMILES string of the molecule is C/C=C/c1cnc(C(=O)CCCCC)c2ccccc12. The largest absolute Gasteiger partial charge is 0.292 e. The van der Waals surface area contributed by atoms with Crippen molar-refractivity contribution in [1.29, 1.82) is 0 Å². The number of hydrogen-bond donors (Lipinski definition) is 0. The molecule has 104 valence electrons. The molecule has 0 saturated carbocycles. The first-order valence-corrected chi connectivity index (χ1v) is 7.31. The highest BCUT2D eigenvalue weighted by Crippen LogP contribution is 2.23. The van der Waals surface area contributed by atoms with Crippen molar-refractivity contribution in [1.82, 2.24) is 4.98 Å². The van der Waals surface area contributed by atoms with Gasteiger partial charge in [0.25, 0.3) is 0 Å². The maximum Gasteiger partial charge on any atom is 0.181 e. The highest BCUT2D eigenvalue weighted by atomic mass is 16.1. The summed E-state index contributed by atoms with van der Waals surface area (Å²) in [7, 11) is 0. The summed E-state index contributed by atoms with van der Waals surface area (Å²) in [4.78, 5) is 16.7. The van der Waals surface area contributed by atoms with Gasteiger partial charge in [-0.2, -0.15) is 0 Å². The van der Waals surface area contributed by atoms with Crippen LogP contribution in [0.25, 0.3) is 16.8 Å². The van der Waals surface area contributed by atoms with E-state index in [2.05, 4.69) is 18.0 Å². The van der Waals surface area contributed by atoms with Crippen molar-refractivity contribution in [2.24, 2.45) is 0 Å². The first-order valence-electron chi connectivity index (χ1n) is 7.31. The molecule has 0 aliphatic carbocycles. The van der Waals surface area contributed by atoms with Crippen LogP contribution < -0.4 is 0 Å². The number of rotatable bonds is 6. The van der Waals surface area contributed by atoms with Gasteiger partial charge in [0.05, 0.1) is 0 Å². The lowest BCUT2D eigenvalue weighted by Crippen LogP contribution is -2.03. The Morgan fingerprint density at radius 2 is 1.95 bits per heavy atom. The summed E-state index contributed by atoms with van der Waals surface area (Å²) in [5, 5.41) is 2.06. The molecule has 0 aliphatic heterocycles. The van der Waals surface area contributed by atoms with Gasteiger partial charge >= 0.3 is 0 Å². The number of benzene rings is 1. The Balaban J connectivity index is 2.40. The van der Waals surface area contributed by atoms with E-state index in [4.69, 9.17) is 0 Å². The van der Waals surface area contributed by atoms with E-state index >= 15 is 0 Å². The van der Waals surface area contributed by atoms with Gasteiger partial charge in [-0.05, 0) is 18.7 Å². The normalized spacial score (nSPS) is 11.3. The number of carbonyl (C=O) groups is 1. The van der Waals surface area contributed by atoms with E-state index in [1.165, 1.54) is 0 Å². The summed E-state index contributed by atoms with van der Waals surface area (Å²) in [6, 6.07) is 8.00. The first-order chi connectivity index (χ1) is 9.77. The lowest BCUT2D eigenvalue weighted by Gasteiger charge is -2.07. The van der Waals surface area contributed by atoms with Gasteiger partial charge in [-0.3, -0.25) is 9.78 Å². The number of hydrogen-bond acceptors (Lipinski definition) is 2. The predicted octanol–water partition coefficient (Wildman–Crippen LogP) is 5.03. The molecule has 0 saturated heterocycles. The topological polar surface area (TPSA) is 30.0 Å². The summed E-state index contributed by atoms with van der Waals surface area (Å²) in [6.07, 6.45) is 9.58. The molecule has 20 heavy (non-hydrogen) atoms. The minimum atomic E-state index is 0.154. The first kappa shape index (κ1) is 14.4. The van der Waals surface area contributed by atoms with E-state index in [0.717, 1.165) is 35.6 Å². The number of Topliss-reactive ketones (excluding diaryl/α,β-unsaturated/α-hetero) is 1. The third kappa shape index (κ3) is 3.13. The summed E-state index contributed by atoms with van der Waals surface area (Å²) >= 11 is 0. The summed E-state index contributed by atoms with van der Waals surface area (Å²) < 4.78 is 0. The zero-order valence-corrected chi connectivity index (χ0v) is 12.2. The molecule has 0 bridgehead atoms. The molecule has 0 atom stereocenters. The Labute approximate surface area is 120 Å². The second kappa shape index (κ2) is 6.99. The van der Waals surface area contributed by atoms with Crippen LogP contribution >= 0.6 is 0 Å². The van der Waals surface area contributed by atoms with Gasteiger partial charge in [0.1, 0.15) is 5.69 Å². The fraction of sp³-hybridized carbons (Fsp3) is 0.333. The second-order valence-corrected chi connectivity index (χ2v) is 4.99. The Morgan fingerprint density at radius 1 is 1.20 bits per heavy atom. The lowest BCUT2D eigenvalue weighted by molar-refractivity contribution is 0.0976. The van der Waals surface area contributed by atoms with Gasteiger partial charge < -0.3 is 0 Å². The van der Waals surface area contributed by atoms with E-state index in [9.17, 15) is 4.79 Å². The molecule has 0 amide bonds. The van der Waals surface area contributed by atoms with Crippen LogP contribution in [0.2, 0.25) is 0 Å². The van der Waals surface area contributed by atoms with Crippen molar-refractivity contribution in [3.63, 3.8) is 0 Å². The monoisotopic (exact) mass is 267 g/mol. The van der Waals surface area contributed by atoms with Crippen LogP contribution in [0.1, 0.15) is 55.6 Å². The number of pyridine rings is 1. The van der Waals surface area contributed by atoms with E-state index in [0.29, 0.717) is 12.1 Å². The number of allylic oxidation sites excluding steroid dienone is 1. The minimum absolute atomic E-state index is 0.154. The molecule has 1 aromatic heterocycles. The summed E-state index contributed by atoms with van der Waals surface area (Å²) in [5.41, 5.74) is 1.68. The van der Waals surface area contributed by atoms with Crippen molar-refractivity contribution in [2.45, 2.75) is 39.5 Å². The molecular weight excluding hydrogens is 246 g/mol. The van der Waals surface area contributed by atoms with Crippen LogP contribution in [0, 0.1) is 0 Å². The van der Waals surface area contributed by atoms with E-state index in [-0.39, 0.29) is 5.78 Å². The molecule has 1 heterocycles. The average Bonchev–Trinajstić information content (AvgIpc) is 2.48. The fourth-order valence-corrected chi connectivity index (χ4v) is 2.40. The van der Waals surface area contributed by atoms with Gasteiger partial charge in [0.15, 0.2) is 5.78 Å². The average molecular weight is 267 g/mol. The van der Waals surface area contributed by atoms with Crippen LogP contribution in [0.15, 0.2) is 36.5 Å². The number of unbranched alkanes of at least 4 members (excludes halogenated alkanes) is 2. The smallest absolute Gasteiger partial charge is 0.181 e. The Morgan fingerprint density at radius 3 is 2.65 bits per heavy atom. The molecule has 0 unspecified atom stereocenters. The molecule has 0 aliphatic rings. The van der Waals surface area contributed by atoms with Gasteiger partial charge in [0, 0.05) is 23.6 Å².